The minimum Gasteiger partial charge on any atom is -0.465 e. The van der Waals surface area contributed by atoms with E-state index in [0.29, 0.717) is 32.4 Å². The quantitative estimate of drug-likeness (QED) is 0.880. The van der Waals surface area contributed by atoms with Crippen molar-refractivity contribution in [3.05, 3.63) is 67.0 Å². The molecule has 110 valence electrons. The highest BCUT2D eigenvalue weighted by molar-refractivity contribution is 6.36. The molecule has 4 nitrogen and oxygen atoms in total. The molecule has 2 aromatic rings. The SMILES string of the molecule is COC(=O)c1cc(Cc2c(Cl)cccc2Cl)c(=O)[nH]c1C. The number of aromatic amines is 1. The van der Waals surface area contributed by atoms with Crippen molar-refractivity contribution in [3.8, 4) is 0 Å². The Morgan fingerprint density at radius 2 is 1.90 bits per heavy atom. The molecule has 0 radical (unpaired) electrons. The molecular formula is C15H13Cl2NO3. The average molecular weight is 326 g/mol. The fourth-order valence-electron chi connectivity index (χ4n) is 2.01. The maximum Gasteiger partial charge on any atom is 0.339 e. The number of benzene rings is 1. The Kier molecular flexibility index (Phi) is 4.70. The van der Waals surface area contributed by atoms with Crippen LogP contribution in [0.5, 0.6) is 0 Å². The van der Waals surface area contributed by atoms with Gasteiger partial charge in [0.15, 0.2) is 0 Å². The van der Waals surface area contributed by atoms with Gasteiger partial charge in [-0.2, -0.15) is 0 Å². The number of rotatable bonds is 3. The zero-order chi connectivity index (χ0) is 15.6. The lowest BCUT2D eigenvalue weighted by molar-refractivity contribution is 0.0599. The van der Waals surface area contributed by atoms with Crippen LogP contribution in [-0.4, -0.2) is 18.1 Å². The Hall–Kier alpha value is -1.78. The minimum absolute atomic E-state index is 0.234. The smallest absolute Gasteiger partial charge is 0.339 e. The molecule has 1 aromatic carbocycles. The Morgan fingerprint density at radius 3 is 2.48 bits per heavy atom. The second-order valence-electron chi connectivity index (χ2n) is 4.53. The van der Waals surface area contributed by atoms with Gasteiger partial charge < -0.3 is 9.72 Å². The van der Waals surface area contributed by atoms with E-state index in [1.165, 1.54) is 13.2 Å². The standard InChI is InChI=1S/C15H13Cl2NO3/c1-8-10(15(20)21-2)6-9(14(19)18-8)7-11-12(16)4-3-5-13(11)17/h3-6H,7H2,1-2H3,(H,18,19). The van der Waals surface area contributed by atoms with Crippen LogP contribution in [0.3, 0.4) is 0 Å². The number of ether oxygens (including phenoxy) is 1. The summed E-state index contributed by atoms with van der Waals surface area (Å²) in [5.41, 5.74) is 1.54. The highest BCUT2D eigenvalue weighted by Crippen LogP contribution is 2.26. The maximum absolute atomic E-state index is 12.0. The maximum atomic E-state index is 12.0. The van der Waals surface area contributed by atoms with Gasteiger partial charge in [-0.15, -0.1) is 0 Å². The van der Waals surface area contributed by atoms with Gasteiger partial charge in [0, 0.05) is 27.7 Å². The lowest BCUT2D eigenvalue weighted by Gasteiger charge is -2.09. The van der Waals surface area contributed by atoms with Gasteiger partial charge in [-0.05, 0) is 30.7 Å². The Balaban J connectivity index is 2.50. The average Bonchev–Trinajstić information content (AvgIpc) is 2.44. The fraction of sp³-hybridized carbons (Fsp3) is 0.200. The lowest BCUT2D eigenvalue weighted by Crippen LogP contribution is -2.18. The molecule has 0 saturated carbocycles. The second kappa shape index (κ2) is 6.33. The Morgan fingerprint density at radius 1 is 1.29 bits per heavy atom. The van der Waals surface area contributed by atoms with Crippen molar-refractivity contribution in [3.63, 3.8) is 0 Å². The van der Waals surface area contributed by atoms with E-state index in [4.69, 9.17) is 27.9 Å². The molecule has 0 aliphatic heterocycles. The summed E-state index contributed by atoms with van der Waals surface area (Å²) in [5, 5.41) is 0.948. The van der Waals surface area contributed by atoms with Crippen LogP contribution in [0.25, 0.3) is 0 Å². The normalized spacial score (nSPS) is 10.5. The van der Waals surface area contributed by atoms with Crippen LogP contribution in [0, 0.1) is 6.92 Å². The number of hydrogen-bond donors (Lipinski definition) is 1. The van der Waals surface area contributed by atoms with Crippen molar-refractivity contribution in [1.82, 2.24) is 4.98 Å². The lowest BCUT2D eigenvalue weighted by atomic mass is 10.0. The number of methoxy groups -OCH3 is 1. The summed E-state index contributed by atoms with van der Waals surface area (Å²) in [6.45, 7) is 1.64. The summed E-state index contributed by atoms with van der Waals surface area (Å²) in [6.07, 6.45) is 0.234. The summed E-state index contributed by atoms with van der Waals surface area (Å²) in [7, 11) is 1.29. The van der Waals surface area contributed by atoms with Gasteiger partial charge in [0.25, 0.3) is 5.56 Å². The molecule has 1 aromatic heterocycles. The zero-order valence-electron chi connectivity index (χ0n) is 11.5. The summed E-state index contributed by atoms with van der Waals surface area (Å²) in [5.74, 6) is -0.504. The molecule has 2 rings (SSSR count). The molecule has 6 heteroatoms. The van der Waals surface area contributed by atoms with Gasteiger partial charge in [0.1, 0.15) is 0 Å². The summed E-state index contributed by atoms with van der Waals surface area (Å²) < 4.78 is 4.70. The first-order chi connectivity index (χ1) is 9.93. The number of H-pyrrole nitrogens is 1. The molecule has 0 aliphatic rings. The van der Waals surface area contributed by atoms with E-state index in [1.807, 2.05) is 0 Å². The van der Waals surface area contributed by atoms with Gasteiger partial charge >= 0.3 is 5.97 Å². The van der Waals surface area contributed by atoms with E-state index in [-0.39, 0.29) is 12.0 Å². The highest BCUT2D eigenvalue weighted by atomic mass is 35.5. The van der Waals surface area contributed by atoms with Gasteiger partial charge in [-0.25, -0.2) is 4.79 Å². The molecule has 0 bridgehead atoms. The number of aromatic nitrogens is 1. The first-order valence-electron chi connectivity index (χ1n) is 6.18. The van der Waals surface area contributed by atoms with Gasteiger partial charge in [0.2, 0.25) is 0 Å². The highest BCUT2D eigenvalue weighted by Gasteiger charge is 2.15. The summed E-state index contributed by atoms with van der Waals surface area (Å²) >= 11 is 12.2. The molecular weight excluding hydrogens is 313 g/mol. The van der Waals surface area contributed by atoms with Crippen LogP contribution >= 0.6 is 23.2 Å². The van der Waals surface area contributed by atoms with Crippen molar-refractivity contribution >= 4 is 29.2 Å². The van der Waals surface area contributed by atoms with Crippen LogP contribution in [0.2, 0.25) is 10.0 Å². The number of halogens is 2. The number of hydrogen-bond acceptors (Lipinski definition) is 3. The van der Waals surface area contributed by atoms with Crippen LogP contribution in [0.15, 0.2) is 29.1 Å². The van der Waals surface area contributed by atoms with Crippen LogP contribution in [0.4, 0.5) is 0 Å². The topological polar surface area (TPSA) is 59.2 Å². The van der Waals surface area contributed by atoms with E-state index >= 15 is 0 Å². The van der Waals surface area contributed by atoms with Crippen LogP contribution in [0.1, 0.15) is 27.2 Å². The third kappa shape index (κ3) is 3.28. The molecule has 0 spiro atoms. The van der Waals surface area contributed by atoms with E-state index in [9.17, 15) is 9.59 Å². The Bertz CT molecular complexity index is 733. The van der Waals surface area contributed by atoms with Crippen LogP contribution < -0.4 is 5.56 Å². The first-order valence-corrected chi connectivity index (χ1v) is 6.93. The number of carbonyl (C=O) groups excluding carboxylic acids is 1. The molecule has 21 heavy (non-hydrogen) atoms. The number of nitrogens with one attached hydrogen (secondary N) is 1. The van der Waals surface area contributed by atoms with E-state index in [1.54, 1.807) is 25.1 Å². The minimum atomic E-state index is -0.504. The second-order valence-corrected chi connectivity index (χ2v) is 5.35. The molecule has 0 amide bonds. The van der Waals surface area contributed by atoms with Crippen molar-refractivity contribution in [2.75, 3.05) is 7.11 Å². The fourth-order valence-corrected chi connectivity index (χ4v) is 2.54. The third-order valence-electron chi connectivity index (χ3n) is 3.15. The monoisotopic (exact) mass is 325 g/mol. The number of esters is 1. The van der Waals surface area contributed by atoms with Crippen molar-refractivity contribution in [2.45, 2.75) is 13.3 Å². The number of carbonyl (C=O) groups is 1. The van der Waals surface area contributed by atoms with Gasteiger partial charge in [-0.1, -0.05) is 29.3 Å². The van der Waals surface area contributed by atoms with Crippen molar-refractivity contribution in [1.29, 1.82) is 0 Å². The van der Waals surface area contributed by atoms with Gasteiger partial charge in [0.05, 0.1) is 12.7 Å². The van der Waals surface area contributed by atoms with Crippen LogP contribution in [-0.2, 0) is 11.2 Å². The summed E-state index contributed by atoms with van der Waals surface area (Å²) in [6, 6.07) is 6.64. The Labute approximate surface area is 131 Å². The van der Waals surface area contributed by atoms with E-state index in [0.717, 1.165) is 0 Å². The largest absolute Gasteiger partial charge is 0.465 e. The predicted molar refractivity (Wildman–Crippen MR) is 82.4 cm³/mol. The third-order valence-corrected chi connectivity index (χ3v) is 3.86. The zero-order valence-corrected chi connectivity index (χ0v) is 13.0. The number of aryl methyl sites for hydroxylation is 1. The predicted octanol–water partition coefficient (Wildman–Crippen LogP) is 3.37. The van der Waals surface area contributed by atoms with E-state index in [2.05, 4.69) is 4.98 Å². The molecule has 1 N–H and O–H groups in total. The van der Waals surface area contributed by atoms with Crippen molar-refractivity contribution < 1.29 is 9.53 Å². The first kappa shape index (κ1) is 15.6. The molecule has 0 saturated heterocycles. The van der Waals surface area contributed by atoms with Crippen molar-refractivity contribution in [2.24, 2.45) is 0 Å². The van der Waals surface area contributed by atoms with E-state index < -0.39 is 5.97 Å². The molecule has 0 atom stereocenters. The summed E-state index contributed by atoms with van der Waals surface area (Å²) in [4.78, 5) is 26.4. The molecule has 0 aliphatic carbocycles. The number of pyridine rings is 1. The van der Waals surface area contributed by atoms with Gasteiger partial charge in [-0.3, -0.25) is 4.79 Å². The molecule has 0 unspecified atom stereocenters. The molecule has 0 fully saturated rings. The molecule has 1 heterocycles.